The second-order valence-corrected chi connectivity index (χ2v) is 6.59. The molecular formula is C16H20N2O5S. The molecule has 0 radical (unpaired) electrons. The highest BCUT2D eigenvalue weighted by Gasteiger charge is 2.25. The fraction of sp³-hybridized carbons (Fsp3) is 0.500. The Morgan fingerprint density at radius 2 is 2.04 bits per heavy atom. The molecule has 0 amide bonds. The molecule has 2 rings (SSSR count). The number of aromatic nitrogens is 2. The number of nitrogens with zero attached hydrogens (tertiary/aromatic N) is 2. The summed E-state index contributed by atoms with van der Waals surface area (Å²) in [6.45, 7) is 6.98. The third kappa shape index (κ3) is 3.19. The normalized spacial score (nSPS) is 12.4. The van der Waals surface area contributed by atoms with Gasteiger partial charge in [-0.15, -0.1) is 11.3 Å². The molecule has 7 nitrogen and oxygen atoms in total. The molecule has 8 heteroatoms. The second-order valence-electron chi connectivity index (χ2n) is 5.59. The van der Waals surface area contributed by atoms with Crippen LogP contribution >= 0.6 is 11.3 Å². The van der Waals surface area contributed by atoms with E-state index in [9.17, 15) is 14.4 Å². The molecule has 0 saturated carbocycles. The van der Waals surface area contributed by atoms with Gasteiger partial charge in [0.15, 0.2) is 0 Å². The average Bonchev–Trinajstić information content (AvgIpc) is 2.87. The van der Waals surface area contributed by atoms with Crippen LogP contribution in [0.15, 0.2) is 11.1 Å². The van der Waals surface area contributed by atoms with Gasteiger partial charge < -0.3 is 9.47 Å². The third-order valence-electron chi connectivity index (χ3n) is 3.60. The number of methoxy groups -OCH3 is 1. The first-order valence-electron chi connectivity index (χ1n) is 7.60. The van der Waals surface area contributed by atoms with E-state index < -0.39 is 18.0 Å². The first-order chi connectivity index (χ1) is 11.3. The van der Waals surface area contributed by atoms with Crippen LogP contribution in [-0.4, -0.2) is 34.7 Å². The summed E-state index contributed by atoms with van der Waals surface area (Å²) in [5.41, 5.74) is 0.154. The molecule has 0 aliphatic heterocycles. The first kappa shape index (κ1) is 18.1. The SMILES string of the molecule is CC[C@H](C(=O)OC)n1cnc2sc(C(=O)OC(C)C)c(C)c2c1=O. The highest BCUT2D eigenvalue weighted by Crippen LogP contribution is 2.28. The summed E-state index contributed by atoms with van der Waals surface area (Å²) in [4.78, 5) is 41.9. The maximum atomic E-state index is 12.8. The minimum absolute atomic E-state index is 0.254. The molecule has 0 unspecified atom stereocenters. The summed E-state index contributed by atoms with van der Waals surface area (Å²) in [6.07, 6.45) is 1.46. The molecule has 130 valence electrons. The van der Waals surface area contributed by atoms with Crippen molar-refractivity contribution in [1.29, 1.82) is 0 Å². The Kier molecular flexibility index (Phi) is 5.38. The van der Waals surface area contributed by atoms with Crippen molar-refractivity contribution in [3.05, 3.63) is 27.1 Å². The highest BCUT2D eigenvalue weighted by atomic mass is 32.1. The number of aryl methyl sites for hydroxylation is 1. The van der Waals surface area contributed by atoms with Crippen molar-refractivity contribution in [1.82, 2.24) is 9.55 Å². The lowest BCUT2D eigenvalue weighted by atomic mass is 10.2. The van der Waals surface area contributed by atoms with Crippen molar-refractivity contribution in [3.63, 3.8) is 0 Å². The van der Waals surface area contributed by atoms with Gasteiger partial charge in [-0.2, -0.15) is 0 Å². The molecule has 0 bridgehead atoms. The van der Waals surface area contributed by atoms with Crippen LogP contribution in [0.4, 0.5) is 0 Å². The Labute approximate surface area is 143 Å². The molecule has 0 aromatic carbocycles. The first-order valence-corrected chi connectivity index (χ1v) is 8.42. The van der Waals surface area contributed by atoms with Crippen molar-refractivity contribution in [2.45, 2.75) is 46.3 Å². The van der Waals surface area contributed by atoms with E-state index in [2.05, 4.69) is 4.98 Å². The van der Waals surface area contributed by atoms with Crippen LogP contribution in [-0.2, 0) is 14.3 Å². The van der Waals surface area contributed by atoms with E-state index in [0.717, 1.165) is 11.3 Å². The second kappa shape index (κ2) is 7.12. The monoisotopic (exact) mass is 352 g/mol. The zero-order valence-electron chi connectivity index (χ0n) is 14.3. The van der Waals surface area contributed by atoms with Crippen LogP contribution in [0.2, 0.25) is 0 Å². The van der Waals surface area contributed by atoms with Crippen LogP contribution in [0.25, 0.3) is 10.2 Å². The van der Waals surface area contributed by atoms with E-state index in [1.54, 1.807) is 27.7 Å². The zero-order chi connectivity index (χ0) is 18.0. The minimum Gasteiger partial charge on any atom is -0.467 e. The topological polar surface area (TPSA) is 87.5 Å². The Bertz CT molecular complexity index is 837. The summed E-state index contributed by atoms with van der Waals surface area (Å²) < 4.78 is 11.2. The lowest BCUT2D eigenvalue weighted by Crippen LogP contribution is -2.30. The number of hydrogen-bond acceptors (Lipinski definition) is 7. The Morgan fingerprint density at radius 3 is 2.58 bits per heavy atom. The van der Waals surface area contributed by atoms with Gasteiger partial charge >= 0.3 is 11.9 Å². The molecule has 2 aromatic heterocycles. The van der Waals surface area contributed by atoms with Crippen LogP contribution in [0, 0.1) is 6.92 Å². The summed E-state index contributed by atoms with van der Waals surface area (Å²) >= 11 is 1.12. The molecule has 2 aromatic rings. The molecule has 0 aliphatic rings. The Morgan fingerprint density at radius 1 is 1.38 bits per heavy atom. The fourth-order valence-corrected chi connectivity index (χ4v) is 3.46. The number of rotatable bonds is 5. The zero-order valence-corrected chi connectivity index (χ0v) is 15.1. The minimum atomic E-state index is -0.746. The molecule has 0 fully saturated rings. The van der Waals surface area contributed by atoms with Gasteiger partial charge in [-0.1, -0.05) is 6.92 Å². The van der Waals surface area contributed by atoms with Gasteiger partial charge in [0, 0.05) is 0 Å². The van der Waals surface area contributed by atoms with Crippen molar-refractivity contribution in [2.75, 3.05) is 7.11 Å². The fourth-order valence-electron chi connectivity index (χ4n) is 2.43. The average molecular weight is 352 g/mol. The van der Waals surface area contributed by atoms with E-state index in [0.29, 0.717) is 27.1 Å². The summed E-state index contributed by atoms with van der Waals surface area (Å²) in [5, 5.41) is 0.334. The van der Waals surface area contributed by atoms with Gasteiger partial charge in [-0.3, -0.25) is 9.36 Å². The van der Waals surface area contributed by atoms with Gasteiger partial charge in [0.05, 0.1) is 24.9 Å². The van der Waals surface area contributed by atoms with Crippen LogP contribution in [0.5, 0.6) is 0 Å². The highest BCUT2D eigenvalue weighted by molar-refractivity contribution is 7.20. The van der Waals surface area contributed by atoms with E-state index in [-0.39, 0.29) is 11.7 Å². The van der Waals surface area contributed by atoms with Crippen LogP contribution in [0.3, 0.4) is 0 Å². The maximum Gasteiger partial charge on any atom is 0.348 e. The standard InChI is InChI=1S/C16H20N2O5S/c1-6-10(15(20)22-5)18-7-17-13-11(14(18)19)9(4)12(24-13)16(21)23-8(2)3/h7-8,10H,6H2,1-5H3/t10-/m1/s1. The molecule has 0 spiro atoms. The molecular weight excluding hydrogens is 332 g/mol. The third-order valence-corrected chi connectivity index (χ3v) is 4.78. The molecule has 2 heterocycles. The molecule has 0 N–H and O–H groups in total. The van der Waals surface area contributed by atoms with E-state index in [1.807, 2.05) is 0 Å². The van der Waals surface area contributed by atoms with Gasteiger partial charge in [0.25, 0.3) is 5.56 Å². The molecule has 1 atom stereocenters. The number of fused-ring (bicyclic) bond motifs is 1. The number of carbonyl (C=O) groups is 2. The van der Waals surface area contributed by atoms with Crippen LogP contribution in [0.1, 0.15) is 48.5 Å². The van der Waals surface area contributed by atoms with Gasteiger partial charge in [0.2, 0.25) is 0 Å². The number of hydrogen-bond donors (Lipinski definition) is 0. The van der Waals surface area contributed by atoms with Gasteiger partial charge in [-0.05, 0) is 32.8 Å². The van der Waals surface area contributed by atoms with Gasteiger partial charge in [-0.25, -0.2) is 14.6 Å². The lowest BCUT2D eigenvalue weighted by molar-refractivity contribution is -0.144. The number of carbonyl (C=O) groups excluding carboxylic acids is 2. The molecule has 0 aliphatic carbocycles. The van der Waals surface area contributed by atoms with Crippen molar-refractivity contribution < 1.29 is 19.1 Å². The lowest BCUT2D eigenvalue weighted by Gasteiger charge is -2.15. The van der Waals surface area contributed by atoms with E-state index in [4.69, 9.17) is 9.47 Å². The smallest absolute Gasteiger partial charge is 0.348 e. The molecule has 24 heavy (non-hydrogen) atoms. The number of esters is 2. The van der Waals surface area contributed by atoms with E-state index >= 15 is 0 Å². The Balaban J connectivity index is 2.60. The van der Waals surface area contributed by atoms with E-state index in [1.165, 1.54) is 18.0 Å². The van der Waals surface area contributed by atoms with Crippen molar-refractivity contribution in [2.24, 2.45) is 0 Å². The maximum absolute atomic E-state index is 12.8. The Hall–Kier alpha value is -2.22. The number of ether oxygens (including phenoxy) is 2. The summed E-state index contributed by atoms with van der Waals surface area (Å²) in [7, 11) is 1.28. The number of thiophene rings is 1. The summed E-state index contributed by atoms with van der Waals surface area (Å²) in [6, 6.07) is -0.746. The summed E-state index contributed by atoms with van der Waals surface area (Å²) in [5.74, 6) is -0.982. The predicted molar refractivity (Wildman–Crippen MR) is 90.5 cm³/mol. The molecule has 0 saturated heterocycles. The van der Waals surface area contributed by atoms with Crippen molar-refractivity contribution in [3.8, 4) is 0 Å². The largest absolute Gasteiger partial charge is 0.467 e. The van der Waals surface area contributed by atoms with Crippen molar-refractivity contribution >= 4 is 33.5 Å². The quantitative estimate of drug-likeness (QED) is 0.768. The van der Waals surface area contributed by atoms with Gasteiger partial charge in [0.1, 0.15) is 15.7 Å². The predicted octanol–water partition coefficient (Wildman–Crippen LogP) is 2.46. The van der Waals surface area contributed by atoms with Crippen LogP contribution < -0.4 is 5.56 Å².